The van der Waals surface area contributed by atoms with E-state index in [1.54, 1.807) is 0 Å². The van der Waals surface area contributed by atoms with Gasteiger partial charge in [-0.05, 0) is 12.8 Å². The summed E-state index contributed by atoms with van der Waals surface area (Å²) in [5.41, 5.74) is 0. The molecule has 1 saturated carbocycles. The van der Waals surface area contributed by atoms with Gasteiger partial charge in [0.05, 0.1) is 5.38 Å². The van der Waals surface area contributed by atoms with Crippen LogP contribution in [0.1, 0.15) is 25.7 Å². The smallest absolute Gasteiger partial charge is 0.257 e. The van der Waals surface area contributed by atoms with E-state index >= 15 is 0 Å². The van der Waals surface area contributed by atoms with Crippen molar-refractivity contribution in [3.63, 3.8) is 0 Å². The van der Waals surface area contributed by atoms with Gasteiger partial charge < -0.3 is 0 Å². The predicted molar refractivity (Wildman–Crippen MR) is 42.8 cm³/mol. The molecule has 1 aliphatic rings. The van der Waals surface area contributed by atoms with Crippen molar-refractivity contribution >= 4 is 29.0 Å². The Bertz CT molecular complexity index is 170. The molecule has 0 aromatic rings. The van der Waals surface area contributed by atoms with Gasteiger partial charge in [0, 0.05) is 6.42 Å². The Morgan fingerprint density at radius 1 is 1.55 bits per heavy atom. The number of Topliss-reactive ketones (excluding diaryl/α,β-unsaturated/α-hetero) is 1. The van der Waals surface area contributed by atoms with Crippen LogP contribution < -0.4 is 0 Å². The molecule has 1 fully saturated rings. The maximum Gasteiger partial charge on any atom is 0.257 e. The Morgan fingerprint density at radius 3 is 2.82 bits per heavy atom. The van der Waals surface area contributed by atoms with Crippen molar-refractivity contribution in [1.29, 1.82) is 0 Å². The lowest BCUT2D eigenvalue weighted by Crippen LogP contribution is -2.35. The van der Waals surface area contributed by atoms with E-state index in [2.05, 4.69) is 0 Å². The average Bonchev–Trinajstić information content (AvgIpc) is 2.03. The van der Waals surface area contributed by atoms with Crippen LogP contribution in [0.4, 0.5) is 4.39 Å². The predicted octanol–water partition coefficient (Wildman–Crippen LogP) is 2.64. The van der Waals surface area contributed by atoms with Crippen molar-refractivity contribution in [3.8, 4) is 0 Å². The Kier molecular flexibility index (Phi) is 2.76. The number of ketones is 1. The number of hydrogen-bond donors (Lipinski definition) is 0. The normalized spacial score (nSPS) is 40.3. The number of rotatable bonds is 0. The largest absolute Gasteiger partial charge is 0.295 e. The lowest BCUT2D eigenvalue weighted by Gasteiger charge is -2.18. The van der Waals surface area contributed by atoms with Crippen LogP contribution in [-0.2, 0) is 4.79 Å². The van der Waals surface area contributed by atoms with Gasteiger partial charge in [0.25, 0.3) is 5.13 Å². The molecule has 0 aromatic heterocycles. The number of halogens is 3. The number of carbonyl (C=O) groups is 1. The molecule has 0 heterocycles. The number of hydrogen-bond acceptors (Lipinski definition) is 1. The van der Waals surface area contributed by atoms with E-state index in [9.17, 15) is 9.18 Å². The van der Waals surface area contributed by atoms with Crippen LogP contribution in [-0.4, -0.2) is 16.3 Å². The summed E-state index contributed by atoms with van der Waals surface area (Å²) in [6.07, 6.45) is 2.16. The molecule has 0 N–H and O–H groups in total. The zero-order valence-electron chi connectivity index (χ0n) is 5.95. The zero-order valence-corrected chi connectivity index (χ0v) is 7.46. The summed E-state index contributed by atoms with van der Waals surface area (Å²) in [7, 11) is 0. The molecule has 0 saturated heterocycles. The van der Waals surface area contributed by atoms with E-state index in [0.717, 1.165) is 6.42 Å². The first kappa shape index (κ1) is 9.27. The van der Waals surface area contributed by atoms with E-state index in [0.29, 0.717) is 12.8 Å². The maximum absolute atomic E-state index is 13.2. The molecule has 0 aliphatic heterocycles. The highest BCUT2D eigenvalue weighted by Crippen LogP contribution is 2.35. The summed E-state index contributed by atoms with van der Waals surface area (Å²) in [5.74, 6) is -0.573. The molecular weight excluding hydrogens is 190 g/mol. The fourth-order valence-electron chi connectivity index (χ4n) is 1.13. The minimum atomic E-state index is -2.32. The zero-order chi connectivity index (χ0) is 8.48. The highest BCUT2D eigenvalue weighted by atomic mass is 35.5. The average molecular weight is 199 g/mol. The van der Waals surface area contributed by atoms with E-state index in [1.165, 1.54) is 0 Å². The van der Waals surface area contributed by atoms with Crippen LogP contribution in [0.3, 0.4) is 0 Å². The van der Waals surface area contributed by atoms with Gasteiger partial charge in [-0.3, -0.25) is 4.79 Å². The Balaban J connectivity index is 2.76. The van der Waals surface area contributed by atoms with E-state index in [-0.39, 0.29) is 6.42 Å². The number of carbonyl (C=O) groups excluding carboxylic acids is 1. The summed E-state index contributed by atoms with van der Waals surface area (Å²) >= 11 is 10.9. The molecule has 4 heteroatoms. The van der Waals surface area contributed by atoms with Crippen LogP contribution >= 0.6 is 23.2 Å². The molecule has 2 atom stereocenters. The summed E-state index contributed by atoms with van der Waals surface area (Å²) in [4.78, 5) is 11.0. The molecule has 0 amide bonds. The van der Waals surface area contributed by atoms with Gasteiger partial charge in [0.15, 0.2) is 5.78 Å². The minimum Gasteiger partial charge on any atom is -0.295 e. The fraction of sp³-hybridized carbons (Fsp3) is 0.857. The van der Waals surface area contributed by atoms with E-state index in [4.69, 9.17) is 23.2 Å². The lowest BCUT2D eigenvalue weighted by molar-refractivity contribution is -0.125. The molecule has 1 nitrogen and oxygen atoms in total. The first-order valence-electron chi connectivity index (χ1n) is 3.60. The second kappa shape index (κ2) is 3.28. The topological polar surface area (TPSA) is 17.1 Å². The van der Waals surface area contributed by atoms with Gasteiger partial charge in [0.1, 0.15) is 0 Å². The fourth-order valence-corrected chi connectivity index (χ4v) is 1.61. The van der Waals surface area contributed by atoms with Crippen LogP contribution in [0.15, 0.2) is 0 Å². The van der Waals surface area contributed by atoms with Gasteiger partial charge in [-0.2, -0.15) is 0 Å². The molecule has 0 spiro atoms. The third kappa shape index (κ3) is 1.85. The summed E-state index contributed by atoms with van der Waals surface area (Å²) < 4.78 is 13.2. The molecule has 0 unspecified atom stereocenters. The molecule has 1 rings (SSSR count). The van der Waals surface area contributed by atoms with Crippen LogP contribution in [0.25, 0.3) is 0 Å². The van der Waals surface area contributed by atoms with Crippen molar-refractivity contribution in [2.45, 2.75) is 36.2 Å². The first-order valence-corrected chi connectivity index (χ1v) is 4.42. The van der Waals surface area contributed by atoms with Gasteiger partial charge >= 0.3 is 0 Å². The summed E-state index contributed by atoms with van der Waals surface area (Å²) in [6.45, 7) is 0. The number of alkyl halides is 3. The third-order valence-electron chi connectivity index (χ3n) is 1.88. The third-order valence-corrected chi connectivity index (χ3v) is 2.98. The lowest BCUT2D eigenvalue weighted by atomic mass is 10.1. The van der Waals surface area contributed by atoms with Crippen LogP contribution in [0.2, 0.25) is 0 Å². The second-order valence-corrected chi connectivity index (χ2v) is 3.84. The van der Waals surface area contributed by atoms with Crippen molar-refractivity contribution in [1.82, 2.24) is 0 Å². The van der Waals surface area contributed by atoms with Crippen LogP contribution in [0, 0.1) is 0 Å². The Labute approximate surface area is 74.9 Å². The Hall–Kier alpha value is 0.180. The van der Waals surface area contributed by atoms with Gasteiger partial charge in [-0.25, -0.2) is 4.39 Å². The SMILES string of the molecule is O=C1CCCC[C@H](Cl)[C@]1(F)Cl. The second-order valence-electron chi connectivity index (χ2n) is 2.76. The summed E-state index contributed by atoms with van der Waals surface area (Å²) in [5, 5.41) is -3.18. The van der Waals surface area contributed by atoms with Crippen molar-refractivity contribution in [2.24, 2.45) is 0 Å². The molecule has 1 aliphatic carbocycles. The quantitative estimate of drug-likeness (QED) is 0.433. The van der Waals surface area contributed by atoms with Crippen molar-refractivity contribution in [2.75, 3.05) is 0 Å². The van der Waals surface area contributed by atoms with Crippen LogP contribution in [0.5, 0.6) is 0 Å². The van der Waals surface area contributed by atoms with Gasteiger partial charge in [0.2, 0.25) is 0 Å². The van der Waals surface area contributed by atoms with Gasteiger partial charge in [-0.15, -0.1) is 11.6 Å². The minimum absolute atomic E-state index is 0.212. The monoisotopic (exact) mass is 198 g/mol. The van der Waals surface area contributed by atoms with Crippen molar-refractivity contribution < 1.29 is 9.18 Å². The highest BCUT2D eigenvalue weighted by Gasteiger charge is 2.43. The summed E-state index contributed by atoms with van der Waals surface area (Å²) in [6, 6.07) is 0. The molecule has 64 valence electrons. The maximum atomic E-state index is 13.2. The first-order chi connectivity index (χ1) is 5.05. The molecular formula is C7H9Cl2FO. The standard InChI is InChI=1S/C7H9Cl2FO/c8-5-3-1-2-4-6(11)7(5,9)10/h5H,1-4H2/t5-,7+/m0/s1. The van der Waals surface area contributed by atoms with E-state index in [1.807, 2.05) is 0 Å². The molecule has 0 aromatic carbocycles. The van der Waals surface area contributed by atoms with E-state index < -0.39 is 16.3 Å². The molecule has 11 heavy (non-hydrogen) atoms. The molecule has 0 radical (unpaired) electrons. The van der Waals surface area contributed by atoms with Crippen molar-refractivity contribution in [3.05, 3.63) is 0 Å². The van der Waals surface area contributed by atoms with Gasteiger partial charge in [-0.1, -0.05) is 18.0 Å². The Morgan fingerprint density at radius 2 is 2.18 bits per heavy atom. The highest BCUT2D eigenvalue weighted by molar-refractivity contribution is 6.40. The molecule has 0 bridgehead atoms.